The fourth-order valence-corrected chi connectivity index (χ4v) is 2.31. The van der Waals surface area contributed by atoms with Gasteiger partial charge in [0.1, 0.15) is 0 Å². The molecule has 2 nitrogen and oxygen atoms in total. The molecule has 0 unspecified atom stereocenters. The smallest absolute Gasteiger partial charge is 0.0707 e. The lowest BCUT2D eigenvalue weighted by Crippen LogP contribution is -2.26. The maximum absolute atomic E-state index is 5.93. The van der Waals surface area contributed by atoms with Crippen LogP contribution in [0.4, 0.5) is 0 Å². The van der Waals surface area contributed by atoms with Crippen molar-refractivity contribution in [2.75, 3.05) is 19.8 Å². The molecule has 0 N–H and O–H groups in total. The number of rotatable bonds is 15. The molecule has 0 heterocycles. The summed E-state index contributed by atoms with van der Waals surface area (Å²) >= 11 is 0. The van der Waals surface area contributed by atoms with E-state index in [1.54, 1.807) is 0 Å². The first kappa shape index (κ1) is 19.9. The summed E-state index contributed by atoms with van der Waals surface area (Å²) < 4.78 is 11.5. The van der Waals surface area contributed by atoms with Crippen LogP contribution in [-0.2, 0) is 9.47 Å². The Balaban J connectivity index is 3.35. The van der Waals surface area contributed by atoms with Crippen LogP contribution in [0.3, 0.4) is 0 Å². The summed E-state index contributed by atoms with van der Waals surface area (Å²) in [5.41, 5.74) is 0.0114. The van der Waals surface area contributed by atoms with Crippen molar-refractivity contribution in [1.82, 2.24) is 0 Å². The van der Waals surface area contributed by atoms with Gasteiger partial charge in [0.05, 0.1) is 18.8 Å². The highest BCUT2D eigenvalue weighted by Crippen LogP contribution is 2.19. The summed E-state index contributed by atoms with van der Waals surface area (Å²) in [5.74, 6) is 0. The van der Waals surface area contributed by atoms with Crippen molar-refractivity contribution in [3.63, 3.8) is 0 Å². The van der Waals surface area contributed by atoms with Gasteiger partial charge in [-0.1, -0.05) is 65.2 Å². The van der Waals surface area contributed by atoms with Gasteiger partial charge in [-0.05, 0) is 26.7 Å². The largest absolute Gasteiger partial charge is 0.379 e. The van der Waals surface area contributed by atoms with Crippen LogP contribution < -0.4 is 0 Å². The van der Waals surface area contributed by atoms with Gasteiger partial charge >= 0.3 is 0 Å². The molecular weight excluding hydrogens is 248 g/mol. The average Bonchev–Trinajstić information content (AvgIpc) is 2.41. The van der Waals surface area contributed by atoms with Gasteiger partial charge in [0.25, 0.3) is 0 Å². The quantitative estimate of drug-likeness (QED) is 0.357. The number of unbranched alkanes of at least 4 members (excludes halogenated alkanes) is 7. The first-order chi connectivity index (χ1) is 9.62. The molecule has 0 saturated carbocycles. The lowest BCUT2D eigenvalue weighted by Gasteiger charge is -2.25. The van der Waals surface area contributed by atoms with E-state index >= 15 is 0 Å². The van der Waals surface area contributed by atoms with Gasteiger partial charge in [0, 0.05) is 6.61 Å². The van der Waals surface area contributed by atoms with Crippen molar-refractivity contribution in [3.05, 3.63) is 0 Å². The van der Waals surface area contributed by atoms with Crippen molar-refractivity contribution >= 4 is 0 Å². The third-order valence-corrected chi connectivity index (χ3v) is 3.75. The molecule has 20 heavy (non-hydrogen) atoms. The molecule has 0 bridgehead atoms. The fraction of sp³-hybridized carbons (Fsp3) is 1.00. The lowest BCUT2D eigenvalue weighted by atomic mass is 9.99. The summed E-state index contributed by atoms with van der Waals surface area (Å²) in [4.78, 5) is 0. The fourth-order valence-electron chi connectivity index (χ4n) is 2.31. The minimum Gasteiger partial charge on any atom is -0.379 e. The Morgan fingerprint density at radius 3 is 1.90 bits per heavy atom. The average molecular weight is 286 g/mol. The maximum Gasteiger partial charge on any atom is 0.0707 e. The topological polar surface area (TPSA) is 18.5 Å². The zero-order valence-electron chi connectivity index (χ0n) is 14.5. The predicted octanol–water partition coefficient (Wildman–Crippen LogP) is 5.74. The molecule has 0 aromatic heterocycles. The van der Waals surface area contributed by atoms with E-state index in [0.29, 0.717) is 0 Å². The Morgan fingerprint density at radius 2 is 1.25 bits per heavy atom. The van der Waals surface area contributed by atoms with Crippen LogP contribution in [0.15, 0.2) is 0 Å². The zero-order valence-corrected chi connectivity index (χ0v) is 14.5. The van der Waals surface area contributed by atoms with Crippen LogP contribution in [0.5, 0.6) is 0 Å². The van der Waals surface area contributed by atoms with Gasteiger partial charge < -0.3 is 9.47 Å². The normalized spacial score (nSPS) is 12.0. The Bertz CT molecular complexity index is 190. The molecular formula is C18H38O2. The minimum atomic E-state index is 0.0114. The van der Waals surface area contributed by atoms with Gasteiger partial charge in [-0.3, -0.25) is 0 Å². The van der Waals surface area contributed by atoms with Gasteiger partial charge in [-0.25, -0.2) is 0 Å². The van der Waals surface area contributed by atoms with Crippen LogP contribution in [-0.4, -0.2) is 25.4 Å². The third kappa shape index (κ3) is 14.3. The SMILES string of the molecule is CCCCCCCCCC(C)(C)OCCOCCCC. The van der Waals surface area contributed by atoms with E-state index in [0.717, 1.165) is 32.7 Å². The number of hydrogen-bond acceptors (Lipinski definition) is 2. The summed E-state index contributed by atoms with van der Waals surface area (Å²) in [5, 5.41) is 0. The van der Waals surface area contributed by atoms with Crippen molar-refractivity contribution in [2.45, 2.75) is 97.5 Å². The van der Waals surface area contributed by atoms with Crippen LogP contribution in [0.2, 0.25) is 0 Å². The summed E-state index contributed by atoms with van der Waals surface area (Å²) in [7, 11) is 0. The molecule has 0 aliphatic rings. The molecule has 0 rings (SSSR count). The van der Waals surface area contributed by atoms with Gasteiger partial charge in [0.2, 0.25) is 0 Å². The lowest BCUT2D eigenvalue weighted by molar-refractivity contribution is -0.0515. The highest BCUT2D eigenvalue weighted by atomic mass is 16.5. The minimum absolute atomic E-state index is 0.0114. The Morgan fingerprint density at radius 1 is 0.650 bits per heavy atom. The molecule has 0 atom stereocenters. The molecule has 0 fully saturated rings. The molecule has 0 spiro atoms. The monoisotopic (exact) mass is 286 g/mol. The molecule has 0 aromatic carbocycles. The Labute approximate surface area is 127 Å². The first-order valence-electron chi connectivity index (χ1n) is 8.84. The molecule has 0 aliphatic carbocycles. The van der Waals surface area contributed by atoms with Gasteiger partial charge in [0.15, 0.2) is 0 Å². The van der Waals surface area contributed by atoms with Crippen molar-refractivity contribution in [1.29, 1.82) is 0 Å². The van der Waals surface area contributed by atoms with E-state index in [1.165, 1.54) is 51.4 Å². The van der Waals surface area contributed by atoms with Crippen molar-refractivity contribution in [3.8, 4) is 0 Å². The van der Waals surface area contributed by atoms with E-state index in [1.807, 2.05) is 0 Å². The molecule has 0 saturated heterocycles. The second-order valence-electron chi connectivity index (χ2n) is 6.45. The highest BCUT2D eigenvalue weighted by molar-refractivity contribution is 4.68. The van der Waals surface area contributed by atoms with Crippen LogP contribution in [0.1, 0.15) is 91.9 Å². The molecule has 2 heteroatoms. The van der Waals surface area contributed by atoms with Crippen LogP contribution >= 0.6 is 0 Å². The number of hydrogen-bond donors (Lipinski definition) is 0. The molecule has 0 amide bonds. The van der Waals surface area contributed by atoms with Gasteiger partial charge in [-0.2, -0.15) is 0 Å². The summed E-state index contributed by atoms with van der Waals surface area (Å²) in [6, 6.07) is 0. The Hall–Kier alpha value is -0.0800. The van der Waals surface area contributed by atoms with E-state index in [-0.39, 0.29) is 5.60 Å². The highest BCUT2D eigenvalue weighted by Gasteiger charge is 2.17. The van der Waals surface area contributed by atoms with Gasteiger partial charge in [-0.15, -0.1) is 0 Å². The summed E-state index contributed by atoms with van der Waals surface area (Å²) in [6.07, 6.45) is 13.1. The zero-order chi connectivity index (χ0) is 15.1. The number of ether oxygens (including phenoxy) is 2. The van der Waals surface area contributed by atoms with E-state index < -0.39 is 0 Å². The molecule has 0 radical (unpaired) electrons. The second-order valence-corrected chi connectivity index (χ2v) is 6.45. The first-order valence-corrected chi connectivity index (χ1v) is 8.84. The maximum atomic E-state index is 5.93. The third-order valence-electron chi connectivity index (χ3n) is 3.75. The predicted molar refractivity (Wildman–Crippen MR) is 88.4 cm³/mol. The van der Waals surface area contributed by atoms with Crippen molar-refractivity contribution < 1.29 is 9.47 Å². The molecule has 0 aliphatic heterocycles. The molecule has 122 valence electrons. The van der Waals surface area contributed by atoms with E-state index in [9.17, 15) is 0 Å². The molecule has 0 aromatic rings. The standard InChI is InChI=1S/C18H38O2/c1-5-7-9-10-11-12-13-14-18(3,4)20-17-16-19-15-8-6-2/h5-17H2,1-4H3. The van der Waals surface area contributed by atoms with Crippen LogP contribution in [0.25, 0.3) is 0 Å². The summed E-state index contributed by atoms with van der Waals surface area (Å²) in [6.45, 7) is 11.2. The Kier molecular flexibility index (Phi) is 13.8. The van der Waals surface area contributed by atoms with E-state index in [2.05, 4.69) is 27.7 Å². The van der Waals surface area contributed by atoms with Crippen molar-refractivity contribution in [2.24, 2.45) is 0 Å². The van der Waals surface area contributed by atoms with E-state index in [4.69, 9.17) is 9.47 Å². The second kappa shape index (κ2) is 13.9. The van der Waals surface area contributed by atoms with Crippen LogP contribution in [0, 0.1) is 0 Å².